The highest BCUT2D eigenvalue weighted by molar-refractivity contribution is 9.10. The average molecular weight is 342 g/mol. The van der Waals surface area contributed by atoms with E-state index in [0.717, 1.165) is 0 Å². The fourth-order valence-electron chi connectivity index (χ4n) is 1.23. The zero-order valence-electron chi connectivity index (χ0n) is 9.88. The third kappa shape index (κ3) is 5.82. The van der Waals surface area contributed by atoms with Crippen molar-refractivity contribution in [2.24, 2.45) is 0 Å². The monoisotopic (exact) mass is 341 g/mol. The number of anilines is 1. The molecule has 0 atom stereocenters. The number of benzene rings is 1. The number of ether oxygens (including phenoxy) is 2. The number of nitrogens with one attached hydrogen (secondary N) is 1. The molecule has 1 N–H and O–H groups in total. The summed E-state index contributed by atoms with van der Waals surface area (Å²) in [6.07, 6.45) is -4.57. The molecule has 19 heavy (non-hydrogen) atoms. The van der Waals surface area contributed by atoms with Gasteiger partial charge in [-0.1, -0.05) is 0 Å². The molecule has 0 aliphatic rings. The molecule has 0 fully saturated rings. The van der Waals surface area contributed by atoms with Gasteiger partial charge in [-0.3, -0.25) is 4.79 Å². The molecule has 0 radical (unpaired) electrons. The van der Waals surface area contributed by atoms with Gasteiger partial charge in [0.15, 0.2) is 0 Å². The summed E-state index contributed by atoms with van der Waals surface area (Å²) in [5, 5.41) is 2.87. The molecule has 0 saturated carbocycles. The molecule has 0 unspecified atom stereocenters. The van der Waals surface area contributed by atoms with Crippen LogP contribution >= 0.6 is 15.9 Å². The second-order valence-corrected chi connectivity index (χ2v) is 4.30. The van der Waals surface area contributed by atoms with Crippen LogP contribution in [-0.2, 0) is 9.53 Å². The Morgan fingerprint density at radius 2 is 2.11 bits per heavy atom. The Morgan fingerprint density at radius 3 is 2.63 bits per heavy atom. The van der Waals surface area contributed by atoms with Crippen LogP contribution in [0.2, 0.25) is 0 Å². The third-order valence-corrected chi connectivity index (χ3v) is 2.66. The highest BCUT2D eigenvalue weighted by Crippen LogP contribution is 2.32. The molecular weight excluding hydrogens is 331 g/mol. The van der Waals surface area contributed by atoms with Gasteiger partial charge in [-0.15, -0.1) is 13.2 Å². The van der Waals surface area contributed by atoms with Gasteiger partial charge >= 0.3 is 12.3 Å². The summed E-state index contributed by atoms with van der Waals surface area (Å²) in [7, 11) is 1.28. The molecule has 0 amide bonds. The Labute approximate surface area is 116 Å². The number of carbonyl (C=O) groups is 1. The lowest BCUT2D eigenvalue weighted by Gasteiger charge is -2.12. The smallest absolute Gasteiger partial charge is 0.469 e. The molecule has 1 aromatic rings. The van der Waals surface area contributed by atoms with Gasteiger partial charge in [-0.25, -0.2) is 0 Å². The van der Waals surface area contributed by atoms with Crippen molar-refractivity contribution >= 4 is 27.6 Å². The van der Waals surface area contributed by atoms with Crippen LogP contribution in [-0.4, -0.2) is 26.0 Å². The van der Waals surface area contributed by atoms with Crippen molar-refractivity contribution in [3.63, 3.8) is 0 Å². The number of hydrogen-bond acceptors (Lipinski definition) is 4. The van der Waals surface area contributed by atoms with Crippen LogP contribution in [0.1, 0.15) is 6.42 Å². The Balaban J connectivity index is 2.59. The lowest BCUT2D eigenvalue weighted by molar-refractivity contribution is -0.274. The second-order valence-electron chi connectivity index (χ2n) is 3.45. The molecule has 4 nitrogen and oxygen atoms in total. The van der Waals surface area contributed by atoms with Gasteiger partial charge < -0.3 is 14.8 Å². The summed E-state index contributed by atoms with van der Waals surface area (Å²) in [4.78, 5) is 10.9. The summed E-state index contributed by atoms with van der Waals surface area (Å²) in [5.74, 6) is -0.699. The van der Waals surface area contributed by atoms with Gasteiger partial charge in [0.2, 0.25) is 0 Å². The number of esters is 1. The fraction of sp³-hybridized carbons (Fsp3) is 0.364. The standard InChI is InChI=1S/C11H11BrF3NO3/c1-18-10(17)4-5-16-7-2-3-9(8(12)6-7)19-11(13,14)15/h2-3,6,16H,4-5H2,1H3. The van der Waals surface area contributed by atoms with Gasteiger partial charge in [-0.2, -0.15) is 0 Å². The van der Waals surface area contributed by atoms with Crippen LogP contribution in [0.3, 0.4) is 0 Å². The van der Waals surface area contributed by atoms with E-state index >= 15 is 0 Å². The van der Waals surface area contributed by atoms with E-state index in [1.54, 1.807) is 0 Å². The first kappa shape index (κ1) is 15.6. The van der Waals surface area contributed by atoms with E-state index in [4.69, 9.17) is 0 Å². The summed E-state index contributed by atoms with van der Waals surface area (Å²) in [6.45, 7) is 0.318. The fourth-order valence-corrected chi connectivity index (χ4v) is 1.69. The topological polar surface area (TPSA) is 47.6 Å². The second kappa shape index (κ2) is 6.65. The minimum atomic E-state index is -4.73. The lowest BCUT2D eigenvalue weighted by atomic mass is 10.3. The van der Waals surface area contributed by atoms with Crippen LogP contribution in [0.25, 0.3) is 0 Å². The van der Waals surface area contributed by atoms with E-state index in [-0.39, 0.29) is 22.6 Å². The molecule has 1 rings (SSSR count). The van der Waals surface area contributed by atoms with Gasteiger partial charge in [-0.05, 0) is 34.1 Å². The summed E-state index contributed by atoms with van der Waals surface area (Å²) in [5.41, 5.74) is 0.560. The molecule has 106 valence electrons. The van der Waals surface area contributed by atoms with Crippen LogP contribution < -0.4 is 10.1 Å². The number of methoxy groups -OCH3 is 1. The quantitative estimate of drug-likeness (QED) is 0.834. The molecule has 0 aliphatic carbocycles. The van der Waals surface area contributed by atoms with Crippen molar-refractivity contribution in [1.82, 2.24) is 0 Å². The van der Waals surface area contributed by atoms with E-state index in [1.165, 1.54) is 25.3 Å². The van der Waals surface area contributed by atoms with Gasteiger partial charge in [0.05, 0.1) is 18.0 Å². The van der Waals surface area contributed by atoms with Crippen molar-refractivity contribution < 1.29 is 27.4 Å². The van der Waals surface area contributed by atoms with Crippen molar-refractivity contribution in [3.05, 3.63) is 22.7 Å². The van der Waals surface area contributed by atoms with Crippen LogP contribution in [0.4, 0.5) is 18.9 Å². The van der Waals surface area contributed by atoms with E-state index in [9.17, 15) is 18.0 Å². The molecular formula is C11H11BrF3NO3. The number of alkyl halides is 3. The number of halogens is 4. The van der Waals surface area contributed by atoms with E-state index in [1.807, 2.05) is 0 Å². The van der Waals surface area contributed by atoms with Crippen LogP contribution in [0, 0.1) is 0 Å². The number of rotatable bonds is 5. The summed E-state index contributed by atoms with van der Waals surface area (Å²) in [6, 6.07) is 4.03. The van der Waals surface area contributed by atoms with E-state index < -0.39 is 6.36 Å². The molecule has 0 aliphatic heterocycles. The lowest BCUT2D eigenvalue weighted by Crippen LogP contribution is -2.17. The molecule has 1 aromatic carbocycles. The Bertz CT molecular complexity index is 451. The first-order chi connectivity index (χ1) is 8.81. The Kier molecular flexibility index (Phi) is 5.46. The summed E-state index contributed by atoms with van der Waals surface area (Å²) < 4.78 is 44.5. The molecule has 0 bridgehead atoms. The molecule has 0 spiro atoms. The van der Waals surface area contributed by atoms with Crippen molar-refractivity contribution in [3.8, 4) is 5.75 Å². The maximum atomic E-state index is 12.0. The molecule has 8 heteroatoms. The van der Waals surface area contributed by atoms with E-state index in [2.05, 4.69) is 30.7 Å². The largest absolute Gasteiger partial charge is 0.573 e. The average Bonchev–Trinajstić information content (AvgIpc) is 2.31. The van der Waals surface area contributed by atoms with Gasteiger partial charge in [0, 0.05) is 12.2 Å². The van der Waals surface area contributed by atoms with Gasteiger partial charge in [0.25, 0.3) is 0 Å². The number of hydrogen-bond donors (Lipinski definition) is 1. The summed E-state index contributed by atoms with van der Waals surface area (Å²) >= 11 is 2.98. The third-order valence-electron chi connectivity index (χ3n) is 2.04. The predicted octanol–water partition coefficient (Wildman–Crippen LogP) is 3.32. The number of carbonyl (C=O) groups excluding carboxylic acids is 1. The van der Waals surface area contributed by atoms with E-state index in [0.29, 0.717) is 12.2 Å². The zero-order chi connectivity index (χ0) is 14.5. The van der Waals surface area contributed by atoms with Crippen LogP contribution in [0.5, 0.6) is 5.75 Å². The SMILES string of the molecule is COC(=O)CCNc1ccc(OC(F)(F)F)c(Br)c1. The Morgan fingerprint density at radius 1 is 1.42 bits per heavy atom. The van der Waals surface area contributed by atoms with Crippen molar-refractivity contribution in [2.45, 2.75) is 12.8 Å². The first-order valence-electron chi connectivity index (χ1n) is 5.18. The minimum Gasteiger partial charge on any atom is -0.469 e. The molecule has 0 heterocycles. The van der Waals surface area contributed by atoms with Crippen LogP contribution in [0.15, 0.2) is 22.7 Å². The molecule has 0 aromatic heterocycles. The van der Waals surface area contributed by atoms with Crippen molar-refractivity contribution in [1.29, 1.82) is 0 Å². The normalized spacial score (nSPS) is 11.0. The first-order valence-corrected chi connectivity index (χ1v) is 5.97. The Hall–Kier alpha value is -1.44. The minimum absolute atomic E-state index is 0.160. The van der Waals surface area contributed by atoms with Crippen molar-refractivity contribution in [2.75, 3.05) is 19.0 Å². The maximum absolute atomic E-state index is 12.0. The maximum Gasteiger partial charge on any atom is 0.573 e. The molecule has 0 saturated heterocycles. The highest BCUT2D eigenvalue weighted by atomic mass is 79.9. The predicted molar refractivity (Wildman–Crippen MR) is 65.9 cm³/mol. The van der Waals surface area contributed by atoms with Gasteiger partial charge in [0.1, 0.15) is 5.75 Å². The highest BCUT2D eigenvalue weighted by Gasteiger charge is 2.31. The zero-order valence-corrected chi connectivity index (χ0v) is 11.5.